The van der Waals surface area contributed by atoms with Crippen LogP contribution in [-0.4, -0.2) is 11.9 Å². The van der Waals surface area contributed by atoms with E-state index in [1.165, 1.54) is 0 Å². The Morgan fingerprint density at radius 2 is 1.73 bits per heavy atom. The van der Waals surface area contributed by atoms with Crippen LogP contribution in [0.3, 0.4) is 0 Å². The molecule has 0 radical (unpaired) electrons. The minimum atomic E-state index is -4.34. The van der Waals surface area contributed by atoms with Crippen molar-refractivity contribution in [1.29, 1.82) is 5.26 Å². The molecule has 22 heavy (non-hydrogen) atoms. The van der Waals surface area contributed by atoms with Crippen LogP contribution in [0.25, 0.3) is 0 Å². The van der Waals surface area contributed by atoms with Gasteiger partial charge in [-0.15, -0.1) is 0 Å². The quantitative estimate of drug-likeness (QED) is 0.609. The van der Waals surface area contributed by atoms with Gasteiger partial charge >= 0.3 is 6.18 Å². The first-order chi connectivity index (χ1) is 10.2. The fourth-order valence-electron chi connectivity index (χ4n) is 1.73. The van der Waals surface area contributed by atoms with E-state index in [1.54, 1.807) is 19.1 Å². The minimum absolute atomic E-state index is 0.130. The fraction of sp³-hybridized carbons (Fsp3) is 0.647. The van der Waals surface area contributed by atoms with Gasteiger partial charge in [0.15, 0.2) is 0 Å². The highest BCUT2D eigenvalue weighted by Gasteiger charge is 2.33. The van der Waals surface area contributed by atoms with E-state index in [-0.39, 0.29) is 11.6 Å². The molecular formula is C17H27F3N2. The molecule has 1 heterocycles. The topological polar surface area (TPSA) is 36.1 Å². The van der Waals surface area contributed by atoms with Crippen LogP contribution in [0.5, 0.6) is 0 Å². The molecular weight excluding hydrogens is 289 g/mol. The van der Waals surface area contributed by atoms with Crippen LogP contribution in [0.1, 0.15) is 54.9 Å². The lowest BCUT2D eigenvalue weighted by Crippen LogP contribution is -2.20. The summed E-state index contributed by atoms with van der Waals surface area (Å²) in [7, 11) is 0. The van der Waals surface area contributed by atoms with Crippen molar-refractivity contribution >= 4 is 5.71 Å². The predicted molar refractivity (Wildman–Crippen MR) is 86.6 cm³/mol. The maximum Gasteiger partial charge on any atom is 0.394 e. The normalized spacial score (nSPS) is 17.5. The summed E-state index contributed by atoms with van der Waals surface area (Å²) in [5, 5.41) is 9.00. The van der Waals surface area contributed by atoms with Crippen molar-refractivity contribution in [3.63, 3.8) is 0 Å². The van der Waals surface area contributed by atoms with Gasteiger partial charge in [-0.3, -0.25) is 4.99 Å². The van der Waals surface area contributed by atoms with Crippen LogP contribution < -0.4 is 0 Å². The third kappa shape index (κ3) is 8.66. The number of halogens is 3. The van der Waals surface area contributed by atoms with E-state index in [9.17, 15) is 13.2 Å². The van der Waals surface area contributed by atoms with E-state index >= 15 is 0 Å². The molecule has 0 saturated heterocycles. The summed E-state index contributed by atoms with van der Waals surface area (Å²) in [5.41, 5.74) is 1.22. The second-order valence-corrected chi connectivity index (χ2v) is 4.61. The van der Waals surface area contributed by atoms with Gasteiger partial charge in [0.2, 0.25) is 0 Å². The van der Waals surface area contributed by atoms with Crippen molar-refractivity contribution in [3.05, 3.63) is 23.4 Å². The second kappa shape index (κ2) is 11.1. The average molecular weight is 316 g/mol. The molecule has 0 spiro atoms. The van der Waals surface area contributed by atoms with Crippen molar-refractivity contribution in [2.45, 2.75) is 61.1 Å². The third-order valence-electron chi connectivity index (χ3n) is 2.60. The molecule has 0 bridgehead atoms. The SMILES string of the molecule is CC.CC.CC1=CC(C(C)C)=CC(C#N)C(CC(F)(F)F)=N1. The Morgan fingerprint density at radius 1 is 1.23 bits per heavy atom. The smallest absolute Gasteiger partial charge is 0.260 e. The Morgan fingerprint density at radius 3 is 2.09 bits per heavy atom. The number of hydrogen-bond donors (Lipinski definition) is 0. The lowest BCUT2D eigenvalue weighted by atomic mass is 9.95. The second-order valence-electron chi connectivity index (χ2n) is 4.61. The maximum absolute atomic E-state index is 12.4. The molecule has 1 rings (SSSR count). The van der Waals surface area contributed by atoms with Gasteiger partial charge in [-0.1, -0.05) is 47.6 Å². The monoisotopic (exact) mass is 316 g/mol. The summed E-state index contributed by atoms with van der Waals surface area (Å²) in [6.07, 6.45) is -2.17. The molecule has 1 aliphatic rings. The minimum Gasteiger partial charge on any atom is -0.260 e. The van der Waals surface area contributed by atoms with Crippen molar-refractivity contribution in [2.75, 3.05) is 0 Å². The van der Waals surface area contributed by atoms with Crippen LogP contribution in [0.4, 0.5) is 13.2 Å². The Labute approximate surface area is 132 Å². The highest BCUT2D eigenvalue weighted by atomic mass is 19.4. The van der Waals surface area contributed by atoms with E-state index < -0.39 is 18.5 Å². The maximum atomic E-state index is 12.4. The fourth-order valence-corrected chi connectivity index (χ4v) is 1.73. The summed E-state index contributed by atoms with van der Waals surface area (Å²) in [4.78, 5) is 3.93. The summed E-state index contributed by atoms with van der Waals surface area (Å²) < 4.78 is 37.3. The van der Waals surface area contributed by atoms with Crippen molar-refractivity contribution in [1.82, 2.24) is 0 Å². The first-order valence-corrected chi connectivity index (χ1v) is 7.66. The molecule has 0 fully saturated rings. The van der Waals surface area contributed by atoms with Gasteiger partial charge in [0.05, 0.1) is 12.5 Å². The number of nitrogens with zero attached hydrogens (tertiary/aromatic N) is 2. The van der Waals surface area contributed by atoms with Gasteiger partial charge in [0, 0.05) is 11.4 Å². The molecule has 126 valence electrons. The summed E-state index contributed by atoms with van der Waals surface area (Å²) >= 11 is 0. The predicted octanol–water partition coefficient (Wildman–Crippen LogP) is 6.07. The number of hydrogen-bond acceptors (Lipinski definition) is 2. The molecule has 0 aliphatic carbocycles. The molecule has 0 amide bonds. The van der Waals surface area contributed by atoms with Crippen LogP contribution in [-0.2, 0) is 0 Å². The van der Waals surface area contributed by atoms with Crippen LogP contribution in [0.15, 0.2) is 28.4 Å². The zero-order valence-corrected chi connectivity index (χ0v) is 14.5. The van der Waals surface area contributed by atoms with E-state index in [1.807, 2.05) is 47.6 Å². The highest BCUT2D eigenvalue weighted by Crippen LogP contribution is 2.27. The van der Waals surface area contributed by atoms with Crippen molar-refractivity contribution in [2.24, 2.45) is 16.8 Å². The lowest BCUT2D eigenvalue weighted by molar-refractivity contribution is -0.121. The number of aliphatic imine (C=N–C) groups is 1. The zero-order valence-electron chi connectivity index (χ0n) is 14.5. The molecule has 0 aromatic rings. The van der Waals surface area contributed by atoms with Gasteiger partial charge < -0.3 is 0 Å². The molecule has 5 heteroatoms. The van der Waals surface area contributed by atoms with E-state index in [4.69, 9.17) is 5.26 Å². The first kappa shape index (κ1) is 22.7. The Balaban J connectivity index is 0. The zero-order chi connectivity index (χ0) is 17.9. The van der Waals surface area contributed by atoms with Gasteiger partial charge in [-0.2, -0.15) is 18.4 Å². The standard InChI is InChI=1S/C13H15F3N2.2C2H6/c1-8(2)10-4-9(3)18-12(6-13(14,15)16)11(5-10)7-17;2*1-2/h4-5,8,11H,6H2,1-3H3;2*1-2H3. The Kier molecular flexibility index (Phi) is 11.4. The number of alkyl halides is 3. The van der Waals surface area contributed by atoms with Crippen molar-refractivity contribution < 1.29 is 13.2 Å². The van der Waals surface area contributed by atoms with Gasteiger partial charge in [-0.25, -0.2) is 0 Å². The largest absolute Gasteiger partial charge is 0.394 e. The van der Waals surface area contributed by atoms with Crippen LogP contribution in [0.2, 0.25) is 0 Å². The van der Waals surface area contributed by atoms with Crippen LogP contribution in [0, 0.1) is 23.2 Å². The number of rotatable bonds is 2. The summed E-state index contributed by atoms with van der Waals surface area (Å²) in [6, 6.07) is 1.88. The van der Waals surface area contributed by atoms with Crippen LogP contribution >= 0.6 is 0 Å². The highest BCUT2D eigenvalue weighted by molar-refractivity contribution is 5.92. The molecule has 0 saturated carbocycles. The molecule has 0 aromatic heterocycles. The van der Waals surface area contributed by atoms with E-state index in [0.717, 1.165) is 5.57 Å². The molecule has 1 aliphatic heterocycles. The van der Waals surface area contributed by atoms with Gasteiger partial charge in [0.1, 0.15) is 5.92 Å². The Bertz CT molecular complexity index is 450. The lowest BCUT2D eigenvalue weighted by Gasteiger charge is -2.12. The Hall–Kier alpha value is -1.57. The van der Waals surface area contributed by atoms with Gasteiger partial charge in [0.25, 0.3) is 0 Å². The summed E-state index contributed by atoms with van der Waals surface area (Å²) in [5.74, 6) is -0.756. The first-order valence-electron chi connectivity index (χ1n) is 7.66. The average Bonchev–Trinajstić information content (AvgIpc) is 2.60. The molecule has 0 N–H and O–H groups in total. The molecule has 1 atom stereocenters. The van der Waals surface area contributed by atoms with E-state index in [0.29, 0.717) is 5.70 Å². The number of allylic oxidation sites excluding steroid dienone is 4. The van der Waals surface area contributed by atoms with E-state index in [2.05, 4.69) is 4.99 Å². The third-order valence-corrected chi connectivity index (χ3v) is 2.60. The molecule has 0 aromatic carbocycles. The molecule has 2 nitrogen and oxygen atoms in total. The van der Waals surface area contributed by atoms with Gasteiger partial charge in [-0.05, 0) is 24.5 Å². The summed E-state index contributed by atoms with van der Waals surface area (Å²) in [6.45, 7) is 13.5. The van der Waals surface area contributed by atoms with Crippen molar-refractivity contribution in [3.8, 4) is 6.07 Å². The molecule has 1 unspecified atom stereocenters. The number of nitriles is 1.